The van der Waals surface area contributed by atoms with E-state index in [1.54, 1.807) is 19.1 Å². The topological polar surface area (TPSA) is 49.4 Å². The van der Waals surface area contributed by atoms with Crippen LogP contribution >= 0.6 is 0 Å². The van der Waals surface area contributed by atoms with Crippen molar-refractivity contribution in [1.29, 1.82) is 0 Å². The van der Waals surface area contributed by atoms with Crippen LogP contribution in [0.4, 0.5) is 28.9 Å². The molecule has 0 bridgehead atoms. The Balaban J connectivity index is 1.87. The molecule has 0 unspecified atom stereocenters. The van der Waals surface area contributed by atoms with Crippen LogP contribution < -0.4 is 10.2 Å². The number of imide groups is 1. The van der Waals surface area contributed by atoms with E-state index in [1.165, 1.54) is 6.07 Å². The summed E-state index contributed by atoms with van der Waals surface area (Å²) in [6.07, 6.45) is 0. The lowest BCUT2D eigenvalue weighted by molar-refractivity contribution is -0.120. The molecule has 3 aromatic carbocycles. The van der Waals surface area contributed by atoms with Gasteiger partial charge >= 0.3 is 0 Å². The fourth-order valence-corrected chi connectivity index (χ4v) is 3.57. The van der Waals surface area contributed by atoms with Gasteiger partial charge in [-0.25, -0.2) is 22.5 Å². The number of carbonyl (C=O) groups is 2. The van der Waals surface area contributed by atoms with Gasteiger partial charge in [0.15, 0.2) is 23.3 Å². The molecule has 0 atom stereocenters. The van der Waals surface area contributed by atoms with E-state index in [1.807, 2.05) is 13.0 Å². The van der Waals surface area contributed by atoms with Crippen LogP contribution in [0.3, 0.4) is 0 Å². The second-order valence-electron chi connectivity index (χ2n) is 7.37. The smallest absolute Gasteiger partial charge is 0.282 e. The van der Waals surface area contributed by atoms with Crippen molar-refractivity contribution >= 4 is 28.8 Å². The molecule has 4 nitrogen and oxygen atoms in total. The first kappa shape index (κ1) is 21.3. The van der Waals surface area contributed by atoms with Crippen molar-refractivity contribution in [3.05, 3.63) is 100 Å². The molecule has 2 amide bonds. The van der Waals surface area contributed by atoms with Gasteiger partial charge < -0.3 is 5.32 Å². The predicted octanol–water partition coefficient (Wildman–Crippen LogP) is 5.26. The normalized spacial score (nSPS) is 13.9. The molecule has 0 radical (unpaired) electrons. The molecule has 0 spiro atoms. The average molecular weight is 440 g/mol. The van der Waals surface area contributed by atoms with Crippen molar-refractivity contribution in [3.8, 4) is 0 Å². The standard InChI is InChI=1S/C24H16F4N2O2/c1-12-3-6-16(13(2)9-12)21-22(29-14-4-7-17(25)19(27)10-14)24(32)30(23(21)31)15-5-8-18(26)20(28)11-15/h3-11,29H,1-2H3. The molecule has 0 fully saturated rings. The monoisotopic (exact) mass is 440 g/mol. The van der Waals surface area contributed by atoms with Crippen LogP contribution in [0.5, 0.6) is 0 Å². The first-order chi connectivity index (χ1) is 15.2. The minimum Gasteiger partial charge on any atom is -0.350 e. The third kappa shape index (κ3) is 3.64. The maximum atomic E-state index is 13.8. The first-order valence-electron chi connectivity index (χ1n) is 9.55. The van der Waals surface area contributed by atoms with E-state index >= 15 is 0 Å². The Kier molecular flexibility index (Phi) is 5.30. The summed E-state index contributed by atoms with van der Waals surface area (Å²) in [5.74, 6) is -6.18. The van der Waals surface area contributed by atoms with Crippen LogP contribution in [-0.2, 0) is 9.59 Å². The van der Waals surface area contributed by atoms with Crippen molar-refractivity contribution in [2.45, 2.75) is 13.8 Å². The largest absolute Gasteiger partial charge is 0.350 e. The van der Waals surface area contributed by atoms with Crippen molar-refractivity contribution < 1.29 is 27.2 Å². The molecule has 8 heteroatoms. The molecule has 1 aliphatic heterocycles. The molecule has 162 valence electrons. The molecule has 0 saturated heterocycles. The highest BCUT2D eigenvalue weighted by Gasteiger charge is 2.41. The minimum absolute atomic E-state index is 0.0260. The molecule has 1 aliphatic rings. The Bertz CT molecular complexity index is 1320. The van der Waals surface area contributed by atoms with E-state index < -0.39 is 35.1 Å². The van der Waals surface area contributed by atoms with Crippen molar-refractivity contribution in [2.24, 2.45) is 0 Å². The van der Waals surface area contributed by atoms with Gasteiger partial charge in [-0.05, 0) is 49.2 Å². The highest BCUT2D eigenvalue weighted by Crippen LogP contribution is 2.35. The van der Waals surface area contributed by atoms with E-state index in [0.717, 1.165) is 35.9 Å². The Morgan fingerprint density at radius 1 is 0.719 bits per heavy atom. The van der Waals surface area contributed by atoms with Gasteiger partial charge in [0.2, 0.25) is 0 Å². The van der Waals surface area contributed by atoms with Gasteiger partial charge in [-0.2, -0.15) is 0 Å². The Hall–Kier alpha value is -3.94. The zero-order valence-electron chi connectivity index (χ0n) is 17.0. The molecule has 0 aromatic heterocycles. The maximum Gasteiger partial charge on any atom is 0.282 e. The fraction of sp³-hybridized carbons (Fsp3) is 0.0833. The Morgan fingerprint density at radius 2 is 1.38 bits per heavy atom. The zero-order chi connectivity index (χ0) is 23.2. The SMILES string of the molecule is Cc1ccc(C2=C(Nc3ccc(F)c(F)c3)C(=O)N(c3ccc(F)c(F)c3)C2=O)c(C)c1. The molecular formula is C24H16F4N2O2. The quantitative estimate of drug-likeness (QED) is 0.445. The highest BCUT2D eigenvalue weighted by atomic mass is 19.2. The molecule has 4 rings (SSSR count). The summed E-state index contributed by atoms with van der Waals surface area (Å²) in [5.41, 5.74) is 1.70. The van der Waals surface area contributed by atoms with Crippen LogP contribution in [0, 0.1) is 37.1 Å². The summed E-state index contributed by atoms with van der Waals surface area (Å²) in [6.45, 7) is 3.61. The summed E-state index contributed by atoms with van der Waals surface area (Å²) < 4.78 is 54.2. The summed E-state index contributed by atoms with van der Waals surface area (Å²) in [4.78, 5) is 27.3. The molecule has 1 heterocycles. The molecule has 0 aliphatic carbocycles. The number of hydrogen-bond acceptors (Lipinski definition) is 3. The van der Waals surface area contributed by atoms with Gasteiger partial charge in [0.1, 0.15) is 5.70 Å². The zero-order valence-corrected chi connectivity index (χ0v) is 17.0. The third-order valence-corrected chi connectivity index (χ3v) is 5.09. The Labute approximate surface area is 180 Å². The molecule has 0 saturated carbocycles. The van der Waals surface area contributed by atoms with Crippen LogP contribution in [0.2, 0.25) is 0 Å². The van der Waals surface area contributed by atoms with Gasteiger partial charge in [-0.3, -0.25) is 9.59 Å². The van der Waals surface area contributed by atoms with Gasteiger partial charge in [-0.15, -0.1) is 0 Å². The second kappa shape index (κ2) is 7.96. The van der Waals surface area contributed by atoms with E-state index in [4.69, 9.17) is 0 Å². The van der Waals surface area contributed by atoms with E-state index in [9.17, 15) is 27.2 Å². The number of carbonyl (C=O) groups excluding carboxylic acids is 2. The van der Waals surface area contributed by atoms with Crippen LogP contribution in [0.1, 0.15) is 16.7 Å². The number of hydrogen-bond donors (Lipinski definition) is 1. The van der Waals surface area contributed by atoms with Crippen molar-refractivity contribution in [1.82, 2.24) is 0 Å². The Morgan fingerprint density at radius 3 is 2.00 bits per heavy atom. The number of amides is 2. The average Bonchev–Trinajstić information content (AvgIpc) is 2.97. The van der Waals surface area contributed by atoms with Gasteiger partial charge in [0.25, 0.3) is 11.8 Å². The number of benzene rings is 3. The van der Waals surface area contributed by atoms with Crippen molar-refractivity contribution in [2.75, 3.05) is 10.2 Å². The van der Waals surface area contributed by atoms with Crippen LogP contribution in [-0.4, -0.2) is 11.8 Å². The lowest BCUT2D eigenvalue weighted by Gasteiger charge is -2.16. The lowest BCUT2D eigenvalue weighted by Crippen LogP contribution is -2.32. The van der Waals surface area contributed by atoms with Gasteiger partial charge in [0, 0.05) is 17.8 Å². The second-order valence-corrected chi connectivity index (χ2v) is 7.37. The predicted molar refractivity (Wildman–Crippen MR) is 112 cm³/mol. The van der Waals surface area contributed by atoms with Crippen LogP contribution in [0.25, 0.3) is 5.57 Å². The van der Waals surface area contributed by atoms with Gasteiger partial charge in [-0.1, -0.05) is 23.8 Å². The number of anilines is 2. The summed E-state index contributed by atoms with van der Waals surface area (Å²) >= 11 is 0. The van der Waals surface area contributed by atoms with E-state index in [2.05, 4.69) is 5.32 Å². The minimum atomic E-state index is -1.22. The summed E-state index contributed by atoms with van der Waals surface area (Å²) in [6, 6.07) is 10.8. The van der Waals surface area contributed by atoms with Gasteiger partial charge in [0.05, 0.1) is 11.3 Å². The fourth-order valence-electron chi connectivity index (χ4n) is 3.57. The van der Waals surface area contributed by atoms with E-state index in [0.29, 0.717) is 16.0 Å². The molecular weight excluding hydrogens is 424 g/mol. The maximum absolute atomic E-state index is 13.8. The molecule has 32 heavy (non-hydrogen) atoms. The number of rotatable bonds is 4. The van der Waals surface area contributed by atoms with Crippen molar-refractivity contribution in [3.63, 3.8) is 0 Å². The number of halogens is 4. The summed E-state index contributed by atoms with van der Waals surface area (Å²) in [7, 11) is 0. The van der Waals surface area contributed by atoms with E-state index in [-0.39, 0.29) is 22.6 Å². The number of nitrogens with zero attached hydrogens (tertiary/aromatic N) is 1. The third-order valence-electron chi connectivity index (χ3n) is 5.09. The summed E-state index contributed by atoms with van der Waals surface area (Å²) in [5, 5.41) is 2.70. The first-order valence-corrected chi connectivity index (χ1v) is 9.55. The highest BCUT2D eigenvalue weighted by molar-refractivity contribution is 6.46. The lowest BCUT2D eigenvalue weighted by atomic mass is 9.97. The molecule has 3 aromatic rings. The van der Waals surface area contributed by atoms with Crippen LogP contribution in [0.15, 0.2) is 60.3 Å². The molecule has 1 N–H and O–H groups in total. The number of aryl methyl sites for hydroxylation is 2. The number of nitrogens with one attached hydrogen (secondary N) is 1.